The van der Waals surface area contributed by atoms with Gasteiger partial charge in [0.15, 0.2) is 0 Å². The molecule has 1 aromatic carbocycles. The number of nitrogens with one attached hydrogen (secondary N) is 2. The van der Waals surface area contributed by atoms with Crippen molar-refractivity contribution in [2.45, 2.75) is 146 Å². The molecule has 15 heteroatoms. The summed E-state index contributed by atoms with van der Waals surface area (Å²) < 4.78 is 43.2. The quantitative estimate of drug-likeness (QED) is 0.221. The van der Waals surface area contributed by atoms with E-state index in [-0.39, 0.29) is 37.3 Å². The van der Waals surface area contributed by atoms with E-state index in [4.69, 9.17) is 14.5 Å². The summed E-state index contributed by atoms with van der Waals surface area (Å²) in [5.41, 5.74) is 1.17. The highest BCUT2D eigenvalue weighted by molar-refractivity contribution is 7.91. The van der Waals surface area contributed by atoms with Crippen molar-refractivity contribution >= 4 is 43.6 Å². The molecule has 59 heavy (non-hydrogen) atoms. The van der Waals surface area contributed by atoms with Gasteiger partial charge in [0, 0.05) is 48.9 Å². The van der Waals surface area contributed by atoms with Gasteiger partial charge in [-0.3, -0.25) is 19.2 Å². The Labute approximate surface area is 347 Å². The topological polar surface area (TPSA) is 176 Å². The zero-order valence-corrected chi connectivity index (χ0v) is 35.6. The number of rotatable bonds is 7. The second-order valence-electron chi connectivity index (χ2n) is 18.7. The van der Waals surface area contributed by atoms with E-state index in [0.717, 1.165) is 96.8 Å². The smallest absolute Gasteiger partial charge is 0.259 e. The number of aromatic nitrogens is 2. The fourth-order valence-corrected chi connectivity index (χ4v) is 11.3. The van der Waals surface area contributed by atoms with Crippen molar-refractivity contribution in [2.24, 2.45) is 17.3 Å². The van der Waals surface area contributed by atoms with Crippen LogP contribution in [0.4, 0.5) is 0 Å². The van der Waals surface area contributed by atoms with Crippen molar-refractivity contribution in [1.29, 1.82) is 0 Å². The molecule has 7 atom stereocenters. The predicted molar refractivity (Wildman–Crippen MR) is 224 cm³/mol. The summed E-state index contributed by atoms with van der Waals surface area (Å²) in [5, 5.41) is 28.6. The number of ether oxygens (including phenoxy) is 2. The van der Waals surface area contributed by atoms with Crippen LogP contribution >= 0.6 is 0 Å². The first-order valence-electron chi connectivity index (χ1n) is 21.8. The van der Waals surface area contributed by atoms with Crippen LogP contribution in [0.1, 0.15) is 103 Å². The van der Waals surface area contributed by atoms with E-state index in [0.29, 0.717) is 25.3 Å². The number of hydrogen-bond donors (Lipinski definition) is 4. The normalized spacial score (nSPS) is 31.4. The van der Waals surface area contributed by atoms with Gasteiger partial charge in [0.1, 0.15) is 17.2 Å². The largest absolute Gasteiger partial charge is 0.471 e. The molecule has 1 saturated heterocycles. The van der Waals surface area contributed by atoms with Crippen molar-refractivity contribution in [3.8, 4) is 5.88 Å². The number of aliphatic hydroxyl groups is 1. The number of para-hydroxylation sites is 1. The Hall–Kier alpha value is -3.60. The van der Waals surface area contributed by atoms with Gasteiger partial charge < -0.3 is 29.7 Å². The first-order chi connectivity index (χ1) is 28.2. The highest BCUT2D eigenvalue weighted by atomic mass is 32.2. The number of carbonyl (C=O) groups excluding carboxylic acids is 2. The Morgan fingerprint density at radius 2 is 1.78 bits per heavy atom. The van der Waals surface area contributed by atoms with Crippen molar-refractivity contribution in [1.82, 2.24) is 29.6 Å². The van der Waals surface area contributed by atoms with Gasteiger partial charge in [-0.25, -0.2) is 13.4 Å². The number of aryl methyl sites for hydroxylation is 2. The Morgan fingerprint density at radius 1 is 1.03 bits per heavy atom. The molecule has 3 saturated carbocycles. The lowest BCUT2D eigenvalue weighted by atomic mass is 9.88. The fraction of sp³-hybridized carbons (Fsp3) is 0.659. The molecule has 0 spiro atoms. The molecule has 2 aromatic heterocycles. The zero-order chi connectivity index (χ0) is 41.7. The van der Waals surface area contributed by atoms with Crippen LogP contribution in [0.3, 0.4) is 0 Å². The molecule has 3 aromatic rings. The number of pyridine rings is 1. The average Bonchev–Trinajstić information content (AvgIpc) is 4.03. The van der Waals surface area contributed by atoms with Gasteiger partial charge in [-0.2, -0.15) is 0 Å². The van der Waals surface area contributed by atoms with Crippen molar-refractivity contribution < 1.29 is 37.8 Å². The maximum atomic E-state index is 14.7. The molecule has 4 N–H and O–H groups in total. The fourth-order valence-electron chi connectivity index (χ4n) is 9.95. The molecule has 4 heterocycles. The van der Waals surface area contributed by atoms with E-state index in [1.165, 1.54) is 0 Å². The molecular weight excluding hydrogens is 773 g/mol. The predicted octanol–water partition coefficient (Wildman–Crippen LogP) is 5.52. The number of hydroxylamine groups is 2. The number of benzene rings is 1. The number of aliphatic hydroxyl groups excluding tert-OH is 1. The van der Waals surface area contributed by atoms with E-state index in [2.05, 4.69) is 54.2 Å². The van der Waals surface area contributed by atoms with Crippen LogP contribution in [0.2, 0.25) is 0 Å². The van der Waals surface area contributed by atoms with Crippen LogP contribution in [0.5, 0.6) is 5.88 Å². The van der Waals surface area contributed by atoms with Crippen molar-refractivity contribution in [2.75, 3.05) is 19.7 Å². The highest BCUT2D eigenvalue weighted by Crippen LogP contribution is 2.46. The number of sulfonamides is 1. The Balaban J connectivity index is 1.15. The van der Waals surface area contributed by atoms with Gasteiger partial charge in [0.05, 0.1) is 29.5 Å². The van der Waals surface area contributed by atoms with Crippen LogP contribution in [-0.4, -0.2) is 105 Å². The molecule has 2 amide bonds. The molecular formula is C44H62N6O8S. The monoisotopic (exact) mass is 834 g/mol. The highest BCUT2D eigenvalue weighted by Gasteiger charge is 2.62. The second kappa shape index (κ2) is 16.7. The van der Waals surface area contributed by atoms with E-state index < -0.39 is 63.1 Å². The number of amides is 2. The average molecular weight is 835 g/mol. The minimum atomic E-state index is -3.86. The summed E-state index contributed by atoms with van der Waals surface area (Å²) in [6, 6.07) is 6.66. The second-order valence-corrected chi connectivity index (χ2v) is 20.7. The van der Waals surface area contributed by atoms with Gasteiger partial charge >= 0.3 is 0 Å². The molecule has 2 unspecified atom stereocenters. The third kappa shape index (κ3) is 8.78. The molecule has 4 fully saturated rings. The van der Waals surface area contributed by atoms with Gasteiger partial charge in [0.25, 0.3) is 5.91 Å². The van der Waals surface area contributed by atoms with Gasteiger partial charge in [-0.15, -0.1) is 11.6 Å². The molecule has 5 aliphatic rings. The molecule has 0 radical (unpaired) electrons. The minimum Gasteiger partial charge on any atom is -0.471 e. The Morgan fingerprint density at radius 3 is 2.51 bits per heavy atom. The van der Waals surface area contributed by atoms with Gasteiger partial charge in [-0.1, -0.05) is 70.2 Å². The van der Waals surface area contributed by atoms with Crippen LogP contribution in [0.25, 0.3) is 21.8 Å². The lowest BCUT2D eigenvalue weighted by molar-refractivity contribution is -0.328. The summed E-state index contributed by atoms with van der Waals surface area (Å²) in [4.78, 5) is 35.4. The standard InChI is InChI=1S/C44H62N6O8S/c1-5-30-23-44(30,41(52)47-59(55,56)32-18-19-32)46-39(51)35-22-31-25-49(35)26-36(29-14-8-9-15-29)50(54)42(53)57-27-43(3,4)20-12-6-7-13-21-48-24-28(2)37-33-16-10-11-17-34(33)45-40(58-31)38(37)48/h5,10-11,16-17,24,29-32,35-36,42,53-54H,1,6-9,12-15,18-23,25-27H2,2-4H3,(H,46,51)(H,47,52)/t30-,31-,35+,36-,42?,44-/m1/s1. The number of carbonyl (C=O) groups is 2. The number of fused-ring (bicyclic) bond motifs is 4. The van der Waals surface area contributed by atoms with Crippen LogP contribution < -0.4 is 14.8 Å². The Kier molecular flexibility index (Phi) is 11.9. The van der Waals surface area contributed by atoms with Gasteiger partial charge in [-0.05, 0) is 74.8 Å². The minimum absolute atomic E-state index is 0.0270. The van der Waals surface area contributed by atoms with Crippen molar-refractivity contribution in [3.05, 3.63) is 48.7 Å². The molecule has 322 valence electrons. The summed E-state index contributed by atoms with van der Waals surface area (Å²) in [7, 11) is -3.86. The molecule has 14 nitrogen and oxygen atoms in total. The summed E-state index contributed by atoms with van der Waals surface area (Å²) >= 11 is 0. The van der Waals surface area contributed by atoms with E-state index >= 15 is 0 Å². The molecule has 8 rings (SSSR count). The van der Waals surface area contributed by atoms with Crippen LogP contribution in [-0.2, 0) is 30.9 Å². The summed E-state index contributed by atoms with van der Waals surface area (Å²) in [6.45, 7) is 11.8. The first kappa shape index (κ1) is 42.1. The summed E-state index contributed by atoms with van der Waals surface area (Å²) in [5.74, 6) is -1.12. The van der Waals surface area contributed by atoms with Crippen molar-refractivity contribution in [3.63, 3.8) is 0 Å². The first-order valence-corrected chi connectivity index (χ1v) is 23.3. The lowest BCUT2D eigenvalue weighted by Crippen LogP contribution is -2.58. The van der Waals surface area contributed by atoms with Crippen LogP contribution in [0.15, 0.2) is 43.1 Å². The SMILES string of the molecule is C=C[C@@H]1C[C@]1(NC(=O)[C@@H]1C[C@@H]2CN1C[C@H](C1CCCC1)N(O)C(O)OCC(C)(C)CCCCCCn1cc(C)c3c4ccccc4nc(c31)O2)C(=O)NS(=O)(=O)C1CC1. The maximum absolute atomic E-state index is 14.7. The lowest BCUT2D eigenvalue weighted by Gasteiger charge is -2.38. The molecule has 2 aliphatic heterocycles. The van der Waals surface area contributed by atoms with Gasteiger partial charge in [0.2, 0.25) is 28.2 Å². The number of hydrogen-bond acceptors (Lipinski definition) is 11. The number of nitrogens with zero attached hydrogens (tertiary/aromatic N) is 4. The third-order valence-corrected chi connectivity index (χ3v) is 15.4. The van der Waals surface area contributed by atoms with Crippen LogP contribution in [0, 0.1) is 24.2 Å². The maximum Gasteiger partial charge on any atom is 0.259 e. The molecule has 3 aliphatic carbocycles. The Bertz CT molecular complexity index is 2170. The van der Waals surface area contributed by atoms with E-state index in [1.54, 1.807) is 6.08 Å². The zero-order valence-electron chi connectivity index (χ0n) is 34.8. The third-order valence-electron chi connectivity index (χ3n) is 13.6. The van der Waals surface area contributed by atoms with E-state index in [1.807, 2.05) is 23.1 Å². The summed E-state index contributed by atoms with van der Waals surface area (Å²) in [6.07, 6.45) is 11.8. The molecule has 2 bridgehead atoms. The van der Waals surface area contributed by atoms with E-state index in [9.17, 15) is 28.3 Å².